The van der Waals surface area contributed by atoms with Crippen molar-refractivity contribution in [2.24, 2.45) is 0 Å². The maximum Gasteiger partial charge on any atom is 0.254 e. The Balaban J connectivity index is 2.15. The van der Waals surface area contributed by atoms with E-state index < -0.39 is 0 Å². The Kier molecular flexibility index (Phi) is 5.25. The van der Waals surface area contributed by atoms with Gasteiger partial charge in [0.2, 0.25) is 0 Å². The molecule has 4 heteroatoms. The van der Waals surface area contributed by atoms with E-state index in [-0.39, 0.29) is 5.91 Å². The maximum atomic E-state index is 12.6. The van der Waals surface area contributed by atoms with E-state index in [9.17, 15) is 4.79 Å². The van der Waals surface area contributed by atoms with Crippen molar-refractivity contribution in [1.29, 1.82) is 0 Å². The number of ether oxygens (including phenoxy) is 1. The van der Waals surface area contributed by atoms with E-state index in [0.29, 0.717) is 6.04 Å². The molecule has 0 spiro atoms. The Labute approximate surface area is 123 Å². The number of nitrogens with zero attached hydrogens (tertiary/aromatic N) is 1. The van der Waals surface area contributed by atoms with Crippen molar-refractivity contribution < 1.29 is 9.53 Å². The van der Waals surface area contributed by atoms with Crippen LogP contribution >= 0.6 is 15.9 Å². The zero-order valence-electron chi connectivity index (χ0n) is 11.3. The summed E-state index contributed by atoms with van der Waals surface area (Å²) >= 11 is 3.54. The molecule has 0 N–H and O–H groups in total. The predicted molar refractivity (Wildman–Crippen MR) is 80.1 cm³/mol. The molecule has 0 aromatic heterocycles. The lowest BCUT2D eigenvalue weighted by Gasteiger charge is -2.28. The van der Waals surface area contributed by atoms with Gasteiger partial charge in [0.1, 0.15) is 5.75 Å². The third kappa shape index (κ3) is 3.50. The molecule has 1 aromatic carbocycles. The summed E-state index contributed by atoms with van der Waals surface area (Å²) in [6.45, 7) is 0.862. The molecule has 0 radical (unpaired) electrons. The zero-order chi connectivity index (χ0) is 13.7. The Hall–Kier alpha value is -1.03. The quantitative estimate of drug-likeness (QED) is 0.796. The molecule has 1 amide bonds. The average Bonchev–Trinajstić information content (AvgIpc) is 2.71. The molecule has 1 fully saturated rings. The molecule has 19 heavy (non-hydrogen) atoms. The first kappa shape index (κ1) is 14.4. The van der Waals surface area contributed by atoms with E-state index >= 15 is 0 Å². The normalized spacial score (nSPS) is 19.9. The predicted octanol–water partition coefficient (Wildman–Crippen LogP) is 3.47. The van der Waals surface area contributed by atoms with Crippen molar-refractivity contribution in [2.75, 3.05) is 19.0 Å². The second-order valence-electron chi connectivity index (χ2n) is 4.88. The molecule has 0 aliphatic carbocycles. The summed E-state index contributed by atoms with van der Waals surface area (Å²) in [5, 5.41) is 0.856. The number of carbonyl (C=O) groups excluding carboxylic acids is 1. The van der Waals surface area contributed by atoms with Gasteiger partial charge < -0.3 is 9.64 Å². The summed E-state index contributed by atoms with van der Waals surface area (Å²) in [6, 6.07) is 7.69. The van der Waals surface area contributed by atoms with Gasteiger partial charge in [-0.05, 0) is 37.1 Å². The summed E-state index contributed by atoms with van der Waals surface area (Å²) in [4.78, 5) is 14.6. The van der Waals surface area contributed by atoms with E-state index in [1.54, 1.807) is 7.11 Å². The number of benzene rings is 1. The fourth-order valence-electron chi connectivity index (χ4n) is 2.50. The van der Waals surface area contributed by atoms with Crippen LogP contribution in [-0.2, 0) is 0 Å². The molecular weight excluding hydrogens is 306 g/mol. The molecule has 1 aromatic rings. The highest BCUT2D eigenvalue weighted by atomic mass is 79.9. The summed E-state index contributed by atoms with van der Waals surface area (Å²) < 4.78 is 5.12. The standard InChI is InChI=1S/C15H20BrNO2/c1-19-14-8-6-12(7-9-14)15(18)17-10-4-2-3-5-13(17)11-16/h6-9,13H,2-5,10-11H2,1H3. The van der Waals surface area contributed by atoms with Gasteiger partial charge in [-0.1, -0.05) is 28.8 Å². The van der Waals surface area contributed by atoms with Gasteiger partial charge in [-0.2, -0.15) is 0 Å². The Morgan fingerprint density at radius 3 is 2.68 bits per heavy atom. The molecule has 1 saturated heterocycles. The van der Waals surface area contributed by atoms with Gasteiger partial charge in [-0.25, -0.2) is 0 Å². The van der Waals surface area contributed by atoms with Crippen LogP contribution in [0.5, 0.6) is 5.75 Å². The van der Waals surface area contributed by atoms with Crippen LogP contribution in [-0.4, -0.2) is 35.8 Å². The Morgan fingerprint density at radius 1 is 1.32 bits per heavy atom. The molecule has 1 aliphatic heterocycles. The average molecular weight is 326 g/mol. The van der Waals surface area contributed by atoms with Crippen LogP contribution in [0.2, 0.25) is 0 Å². The van der Waals surface area contributed by atoms with E-state index in [2.05, 4.69) is 15.9 Å². The molecule has 0 saturated carbocycles. The van der Waals surface area contributed by atoms with Gasteiger partial charge in [0.15, 0.2) is 0 Å². The highest BCUT2D eigenvalue weighted by Crippen LogP contribution is 2.21. The lowest BCUT2D eigenvalue weighted by Crippen LogP contribution is -2.41. The summed E-state index contributed by atoms with van der Waals surface area (Å²) in [7, 11) is 1.63. The second kappa shape index (κ2) is 6.94. The monoisotopic (exact) mass is 325 g/mol. The molecule has 1 aliphatic rings. The molecule has 1 atom stereocenters. The first-order valence-corrected chi connectivity index (χ1v) is 7.89. The minimum atomic E-state index is 0.133. The SMILES string of the molecule is COc1ccc(C(=O)N2CCCCCC2CBr)cc1. The van der Waals surface area contributed by atoms with Gasteiger partial charge >= 0.3 is 0 Å². The van der Waals surface area contributed by atoms with Gasteiger partial charge in [0.25, 0.3) is 5.91 Å². The number of halogens is 1. The number of amides is 1. The Bertz CT molecular complexity index is 419. The minimum Gasteiger partial charge on any atom is -0.497 e. The van der Waals surface area contributed by atoms with E-state index in [1.165, 1.54) is 12.8 Å². The molecular formula is C15H20BrNO2. The number of carbonyl (C=O) groups is 1. The fourth-order valence-corrected chi connectivity index (χ4v) is 3.18. The van der Waals surface area contributed by atoms with Crippen LogP contribution in [0.15, 0.2) is 24.3 Å². The third-order valence-electron chi connectivity index (χ3n) is 3.65. The first-order chi connectivity index (χ1) is 9.26. The number of rotatable bonds is 3. The number of methoxy groups -OCH3 is 1. The highest BCUT2D eigenvalue weighted by Gasteiger charge is 2.25. The van der Waals surface area contributed by atoms with Gasteiger partial charge in [-0.3, -0.25) is 4.79 Å². The number of alkyl halides is 1. The topological polar surface area (TPSA) is 29.5 Å². The molecule has 3 nitrogen and oxygen atoms in total. The van der Waals surface area contributed by atoms with E-state index in [1.807, 2.05) is 29.2 Å². The summed E-state index contributed by atoms with van der Waals surface area (Å²) in [5.41, 5.74) is 0.744. The molecule has 1 unspecified atom stereocenters. The van der Waals surface area contributed by atoms with Crippen molar-refractivity contribution in [3.8, 4) is 5.75 Å². The number of likely N-dealkylation sites (tertiary alicyclic amines) is 1. The largest absolute Gasteiger partial charge is 0.497 e. The Morgan fingerprint density at radius 2 is 2.05 bits per heavy atom. The molecule has 104 valence electrons. The highest BCUT2D eigenvalue weighted by molar-refractivity contribution is 9.09. The van der Waals surface area contributed by atoms with Crippen molar-refractivity contribution in [2.45, 2.75) is 31.7 Å². The maximum absolute atomic E-state index is 12.6. The van der Waals surface area contributed by atoms with Crippen LogP contribution in [0.3, 0.4) is 0 Å². The van der Waals surface area contributed by atoms with Crippen LogP contribution in [0, 0.1) is 0 Å². The minimum absolute atomic E-state index is 0.133. The van der Waals surface area contributed by atoms with Crippen molar-refractivity contribution in [3.05, 3.63) is 29.8 Å². The summed E-state index contributed by atoms with van der Waals surface area (Å²) in [5.74, 6) is 0.915. The van der Waals surface area contributed by atoms with Crippen LogP contribution in [0.25, 0.3) is 0 Å². The number of hydrogen-bond acceptors (Lipinski definition) is 2. The van der Waals surface area contributed by atoms with Gasteiger partial charge in [-0.15, -0.1) is 0 Å². The lowest BCUT2D eigenvalue weighted by atomic mass is 10.1. The third-order valence-corrected chi connectivity index (χ3v) is 4.40. The van der Waals surface area contributed by atoms with E-state index in [4.69, 9.17) is 4.74 Å². The lowest BCUT2D eigenvalue weighted by molar-refractivity contribution is 0.0702. The fraction of sp³-hybridized carbons (Fsp3) is 0.533. The first-order valence-electron chi connectivity index (χ1n) is 6.77. The second-order valence-corrected chi connectivity index (χ2v) is 5.53. The van der Waals surface area contributed by atoms with Crippen molar-refractivity contribution >= 4 is 21.8 Å². The number of hydrogen-bond donors (Lipinski definition) is 0. The molecule has 2 rings (SSSR count). The van der Waals surface area contributed by atoms with Gasteiger partial charge in [0, 0.05) is 23.5 Å². The zero-order valence-corrected chi connectivity index (χ0v) is 12.9. The van der Waals surface area contributed by atoms with Gasteiger partial charge in [0.05, 0.1) is 7.11 Å². The van der Waals surface area contributed by atoms with E-state index in [0.717, 1.165) is 36.0 Å². The van der Waals surface area contributed by atoms with Crippen LogP contribution in [0.1, 0.15) is 36.0 Å². The molecule has 0 bridgehead atoms. The van der Waals surface area contributed by atoms with Crippen LogP contribution < -0.4 is 4.74 Å². The smallest absolute Gasteiger partial charge is 0.254 e. The molecule has 1 heterocycles. The van der Waals surface area contributed by atoms with Crippen molar-refractivity contribution in [1.82, 2.24) is 4.90 Å². The van der Waals surface area contributed by atoms with Crippen LogP contribution in [0.4, 0.5) is 0 Å². The van der Waals surface area contributed by atoms with Crippen molar-refractivity contribution in [3.63, 3.8) is 0 Å². The summed E-state index contributed by atoms with van der Waals surface area (Å²) in [6.07, 6.45) is 4.62.